The second-order valence-corrected chi connectivity index (χ2v) is 8.70. The maximum Gasteiger partial charge on any atom is 0.225 e. The summed E-state index contributed by atoms with van der Waals surface area (Å²) in [7, 11) is 4.07. The van der Waals surface area contributed by atoms with Gasteiger partial charge in [0.2, 0.25) is 5.95 Å². The third-order valence-corrected chi connectivity index (χ3v) is 6.20. The van der Waals surface area contributed by atoms with Crippen molar-refractivity contribution >= 4 is 22.7 Å². The van der Waals surface area contributed by atoms with Crippen molar-refractivity contribution in [2.45, 2.75) is 45.2 Å². The molecule has 5 heteroatoms. The highest BCUT2D eigenvalue weighted by Crippen LogP contribution is 2.28. The molecular weight excluding hydrogens is 370 g/mol. The highest BCUT2D eigenvalue weighted by molar-refractivity contribution is 5.90. The van der Waals surface area contributed by atoms with Crippen LogP contribution in [0.2, 0.25) is 0 Å². The van der Waals surface area contributed by atoms with E-state index in [-0.39, 0.29) is 0 Å². The number of aryl methyl sites for hydroxylation is 1. The summed E-state index contributed by atoms with van der Waals surface area (Å²) in [6.07, 6.45) is 4.83. The number of nitrogens with zero attached hydrogens (tertiary/aromatic N) is 3. The number of fused-ring (bicyclic) bond motifs is 1. The van der Waals surface area contributed by atoms with Gasteiger partial charge in [-0.05, 0) is 68.3 Å². The highest BCUT2D eigenvalue weighted by atomic mass is 15.2. The minimum absolute atomic E-state index is 0.453. The smallest absolute Gasteiger partial charge is 0.225 e. The molecule has 3 aromatic rings. The van der Waals surface area contributed by atoms with Crippen molar-refractivity contribution in [2.24, 2.45) is 5.92 Å². The molecular formula is C25H33N5. The topological polar surface area (TPSA) is 53.1 Å². The number of aromatic nitrogens is 2. The van der Waals surface area contributed by atoms with Gasteiger partial charge >= 0.3 is 0 Å². The average Bonchev–Trinajstić information content (AvgIpc) is 2.75. The van der Waals surface area contributed by atoms with Crippen molar-refractivity contribution in [1.29, 1.82) is 0 Å². The second-order valence-electron chi connectivity index (χ2n) is 8.70. The Hall–Kier alpha value is -2.66. The number of hydrogen-bond donors (Lipinski definition) is 2. The Bertz CT molecular complexity index is 976. The van der Waals surface area contributed by atoms with Gasteiger partial charge in [-0.1, -0.05) is 36.4 Å². The first-order valence-corrected chi connectivity index (χ1v) is 11.1. The van der Waals surface area contributed by atoms with Crippen LogP contribution in [-0.4, -0.2) is 36.6 Å². The van der Waals surface area contributed by atoms with E-state index < -0.39 is 0 Å². The number of rotatable bonds is 7. The van der Waals surface area contributed by atoms with Crippen LogP contribution in [0.3, 0.4) is 0 Å². The van der Waals surface area contributed by atoms with Gasteiger partial charge in [0.25, 0.3) is 0 Å². The molecule has 30 heavy (non-hydrogen) atoms. The minimum atomic E-state index is 0.453. The first kappa shape index (κ1) is 20.6. The highest BCUT2D eigenvalue weighted by Gasteiger charge is 2.22. The van der Waals surface area contributed by atoms with E-state index in [9.17, 15) is 0 Å². The lowest BCUT2D eigenvalue weighted by molar-refractivity contribution is 0.323. The van der Waals surface area contributed by atoms with Crippen molar-refractivity contribution in [2.75, 3.05) is 30.9 Å². The lowest BCUT2D eigenvalue weighted by Crippen LogP contribution is -2.31. The van der Waals surface area contributed by atoms with Crippen LogP contribution in [0.4, 0.5) is 11.8 Å². The van der Waals surface area contributed by atoms with E-state index in [2.05, 4.69) is 58.9 Å². The molecule has 0 atom stereocenters. The monoisotopic (exact) mass is 403 g/mol. The Labute approximate surface area is 179 Å². The van der Waals surface area contributed by atoms with E-state index in [0.717, 1.165) is 41.7 Å². The third-order valence-electron chi connectivity index (χ3n) is 6.20. The fourth-order valence-electron chi connectivity index (χ4n) is 4.38. The van der Waals surface area contributed by atoms with Gasteiger partial charge in [0.05, 0.1) is 5.52 Å². The fraction of sp³-hybridized carbons (Fsp3) is 0.440. The maximum atomic E-state index is 4.80. The van der Waals surface area contributed by atoms with Crippen molar-refractivity contribution in [1.82, 2.24) is 15.3 Å². The van der Waals surface area contributed by atoms with Gasteiger partial charge in [0.15, 0.2) is 0 Å². The molecule has 1 aliphatic rings. The summed E-state index contributed by atoms with van der Waals surface area (Å²) < 4.78 is 0. The summed E-state index contributed by atoms with van der Waals surface area (Å²) in [6, 6.07) is 17.3. The third kappa shape index (κ3) is 4.90. The van der Waals surface area contributed by atoms with Gasteiger partial charge < -0.3 is 15.5 Å². The zero-order valence-corrected chi connectivity index (χ0v) is 18.4. The number of benzene rings is 2. The normalized spacial score (nSPS) is 19.0. The first-order chi connectivity index (χ1) is 14.6. The molecule has 1 saturated carbocycles. The van der Waals surface area contributed by atoms with E-state index in [1.807, 2.05) is 26.2 Å². The molecule has 1 fully saturated rings. The summed E-state index contributed by atoms with van der Waals surface area (Å²) in [6.45, 7) is 4.24. The van der Waals surface area contributed by atoms with Crippen molar-refractivity contribution in [3.63, 3.8) is 0 Å². The van der Waals surface area contributed by atoms with Crippen molar-refractivity contribution in [3.8, 4) is 0 Å². The zero-order chi connectivity index (χ0) is 20.9. The molecule has 0 spiro atoms. The number of hydrogen-bond acceptors (Lipinski definition) is 5. The van der Waals surface area contributed by atoms with Gasteiger partial charge in [-0.15, -0.1) is 0 Å². The van der Waals surface area contributed by atoms with Gasteiger partial charge in [-0.25, -0.2) is 4.98 Å². The molecule has 4 rings (SSSR count). The standard InChI is InChI=1S/C25H33N5/c1-18-8-4-5-9-20(18)17-26-16-19-12-14-21(15-13-19)27-25-28-23-11-7-6-10-22(23)24(29-25)30(2)3/h4-11,19,21,26H,12-17H2,1-3H3,(H,27,28,29)/t19-,21+. The van der Waals surface area contributed by atoms with E-state index in [1.54, 1.807) is 0 Å². The molecule has 2 aromatic carbocycles. The molecule has 0 unspecified atom stereocenters. The van der Waals surface area contributed by atoms with Crippen LogP contribution >= 0.6 is 0 Å². The molecule has 158 valence electrons. The van der Waals surface area contributed by atoms with Crippen LogP contribution in [0.1, 0.15) is 36.8 Å². The van der Waals surface area contributed by atoms with Gasteiger partial charge in [-0.3, -0.25) is 0 Å². The largest absolute Gasteiger partial charge is 0.362 e. The molecule has 0 bridgehead atoms. The minimum Gasteiger partial charge on any atom is -0.362 e. The molecule has 5 nitrogen and oxygen atoms in total. The lowest BCUT2D eigenvalue weighted by Gasteiger charge is -2.29. The van der Waals surface area contributed by atoms with Crippen LogP contribution < -0.4 is 15.5 Å². The van der Waals surface area contributed by atoms with Gasteiger partial charge in [0.1, 0.15) is 5.82 Å². The van der Waals surface area contributed by atoms with Gasteiger partial charge in [-0.2, -0.15) is 4.98 Å². The quantitative estimate of drug-likeness (QED) is 0.595. The Kier molecular flexibility index (Phi) is 6.48. The summed E-state index contributed by atoms with van der Waals surface area (Å²) in [5.41, 5.74) is 3.76. The first-order valence-electron chi connectivity index (χ1n) is 11.1. The molecule has 1 aliphatic carbocycles. The number of anilines is 2. The van der Waals surface area contributed by atoms with Crippen molar-refractivity contribution in [3.05, 3.63) is 59.7 Å². The fourth-order valence-corrected chi connectivity index (χ4v) is 4.38. The van der Waals surface area contributed by atoms with Crippen LogP contribution in [0.25, 0.3) is 10.9 Å². The van der Waals surface area contributed by atoms with Crippen LogP contribution in [0.5, 0.6) is 0 Å². The average molecular weight is 404 g/mol. The summed E-state index contributed by atoms with van der Waals surface area (Å²) in [5.74, 6) is 2.47. The Morgan fingerprint density at radius 3 is 2.43 bits per heavy atom. The molecule has 0 saturated heterocycles. The number of nitrogens with one attached hydrogen (secondary N) is 2. The van der Waals surface area contributed by atoms with E-state index in [1.165, 1.54) is 36.8 Å². The Morgan fingerprint density at radius 2 is 1.67 bits per heavy atom. The maximum absolute atomic E-state index is 4.80. The van der Waals surface area contributed by atoms with E-state index >= 15 is 0 Å². The Balaban J connectivity index is 1.30. The molecule has 2 N–H and O–H groups in total. The van der Waals surface area contributed by atoms with Crippen LogP contribution in [-0.2, 0) is 6.54 Å². The Morgan fingerprint density at radius 1 is 0.933 bits per heavy atom. The van der Waals surface area contributed by atoms with E-state index in [0.29, 0.717) is 6.04 Å². The number of para-hydroxylation sites is 1. The SMILES string of the molecule is Cc1ccccc1CNC[C@H]1CC[C@@H](Nc2nc(N(C)C)c3ccccc3n2)CC1. The molecule has 1 heterocycles. The molecule has 0 aliphatic heterocycles. The predicted molar refractivity (Wildman–Crippen MR) is 126 cm³/mol. The predicted octanol–water partition coefficient (Wildman–Crippen LogP) is 4.76. The summed E-state index contributed by atoms with van der Waals surface area (Å²) in [4.78, 5) is 11.6. The second kappa shape index (κ2) is 9.43. The van der Waals surface area contributed by atoms with Crippen LogP contribution in [0, 0.1) is 12.8 Å². The zero-order valence-electron chi connectivity index (χ0n) is 18.4. The lowest BCUT2D eigenvalue weighted by atomic mass is 9.86. The van der Waals surface area contributed by atoms with Gasteiger partial charge in [0, 0.05) is 32.1 Å². The summed E-state index contributed by atoms with van der Waals surface area (Å²) in [5, 5.41) is 8.37. The molecule has 0 radical (unpaired) electrons. The molecule has 0 amide bonds. The molecule has 1 aromatic heterocycles. The van der Waals surface area contributed by atoms with E-state index in [4.69, 9.17) is 9.97 Å². The van der Waals surface area contributed by atoms with Crippen molar-refractivity contribution < 1.29 is 0 Å². The van der Waals surface area contributed by atoms with Crippen LogP contribution in [0.15, 0.2) is 48.5 Å². The summed E-state index contributed by atoms with van der Waals surface area (Å²) >= 11 is 0.